The zero-order valence-electron chi connectivity index (χ0n) is 14.2. The van der Waals surface area contributed by atoms with Gasteiger partial charge in [0.05, 0.1) is 6.10 Å². The Hall–Kier alpha value is -2.13. The Bertz CT molecular complexity index is 609. The number of nitrogens with zero attached hydrogens (tertiary/aromatic N) is 3. The van der Waals surface area contributed by atoms with E-state index in [0.29, 0.717) is 12.4 Å². The van der Waals surface area contributed by atoms with Crippen LogP contribution in [0.25, 0.3) is 0 Å². The van der Waals surface area contributed by atoms with E-state index in [1.807, 2.05) is 13.8 Å². The molecule has 1 aromatic rings. The summed E-state index contributed by atoms with van der Waals surface area (Å²) in [5.74, 6) is 1.54. The third-order valence-electron chi connectivity index (χ3n) is 4.43. The van der Waals surface area contributed by atoms with Crippen molar-refractivity contribution in [2.75, 3.05) is 30.8 Å². The molecule has 2 saturated heterocycles. The summed E-state index contributed by atoms with van der Waals surface area (Å²) in [6, 6.07) is 1.82. The van der Waals surface area contributed by atoms with Gasteiger partial charge in [0.15, 0.2) is 0 Å². The first kappa shape index (κ1) is 16.7. The van der Waals surface area contributed by atoms with Gasteiger partial charge in [-0.1, -0.05) is 0 Å². The third-order valence-corrected chi connectivity index (χ3v) is 4.43. The molecule has 0 spiro atoms. The summed E-state index contributed by atoms with van der Waals surface area (Å²) in [6.45, 7) is 5.41. The number of anilines is 2. The molecule has 9 nitrogen and oxygen atoms in total. The second-order valence-electron chi connectivity index (χ2n) is 6.47. The summed E-state index contributed by atoms with van der Waals surface area (Å²) in [4.78, 5) is 22.6. The first-order valence-electron chi connectivity index (χ1n) is 8.26. The van der Waals surface area contributed by atoms with Crippen molar-refractivity contribution in [3.8, 4) is 5.88 Å². The Balaban J connectivity index is 1.78. The Morgan fingerprint density at radius 2 is 2.25 bits per heavy atom. The van der Waals surface area contributed by atoms with E-state index in [0.717, 1.165) is 18.8 Å². The van der Waals surface area contributed by atoms with Crippen LogP contribution in [0, 0.1) is 5.92 Å². The molecule has 132 valence electrons. The molecular formula is C15H25N7O2. The molecule has 0 aliphatic carbocycles. The van der Waals surface area contributed by atoms with Crippen LogP contribution >= 0.6 is 0 Å². The lowest BCUT2D eigenvalue weighted by Crippen LogP contribution is -2.50. The number of hydrogen-bond acceptors (Lipinski definition) is 8. The van der Waals surface area contributed by atoms with E-state index < -0.39 is 0 Å². The number of fused-ring (bicyclic) bond motifs is 1. The minimum atomic E-state index is -0.256. The number of hydrogen-bond donors (Lipinski definition) is 4. The zero-order chi connectivity index (χ0) is 17.3. The monoisotopic (exact) mass is 335 g/mol. The molecule has 1 aromatic heterocycles. The van der Waals surface area contributed by atoms with Crippen molar-refractivity contribution < 1.29 is 9.53 Å². The van der Waals surface area contributed by atoms with Gasteiger partial charge in [0.1, 0.15) is 11.9 Å². The zero-order valence-corrected chi connectivity index (χ0v) is 14.2. The molecule has 0 saturated carbocycles. The number of ether oxygens (including phenoxy) is 1. The SMILES string of the molecule is CNC(=O)C1NNC2CCN(c3cc(OC(C)C)nc(N)n3)CC21. The standard InChI is InChI=1S/C15H25N7O2/c1-8(2)24-12-6-11(18-15(16)19-12)22-5-4-10-9(7-22)13(21-20-10)14(23)17-3/h6,8-10,13,20-21H,4-5,7H2,1-3H3,(H,17,23)(H2,16,18,19). The first-order valence-corrected chi connectivity index (χ1v) is 8.26. The van der Waals surface area contributed by atoms with Gasteiger partial charge in [-0.2, -0.15) is 9.97 Å². The predicted octanol–water partition coefficient (Wildman–Crippen LogP) is -0.737. The summed E-state index contributed by atoms with van der Waals surface area (Å²) in [5.41, 5.74) is 12.2. The van der Waals surface area contributed by atoms with E-state index in [1.54, 1.807) is 13.1 Å². The average molecular weight is 335 g/mol. The van der Waals surface area contributed by atoms with Crippen LogP contribution in [0.4, 0.5) is 11.8 Å². The summed E-state index contributed by atoms with van der Waals surface area (Å²) >= 11 is 0. The molecule has 3 rings (SSSR count). The van der Waals surface area contributed by atoms with E-state index in [9.17, 15) is 4.79 Å². The summed E-state index contributed by atoms with van der Waals surface area (Å²) < 4.78 is 5.64. The number of carbonyl (C=O) groups excluding carboxylic acids is 1. The highest BCUT2D eigenvalue weighted by Crippen LogP contribution is 2.29. The van der Waals surface area contributed by atoms with Crippen LogP contribution in [0.1, 0.15) is 20.3 Å². The minimum Gasteiger partial charge on any atom is -0.475 e. The lowest BCUT2D eigenvalue weighted by Gasteiger charge is -2.36. The summed E-state index contributed by atoms with van der Waals surface area (Å²) in [5, 5.41) is 2.71. The van der Waals surface area contributed by atoms with Crippen molar-refractivity contribution in [1.82, 2.24) is 26.1 Å². The van der Waals surface area contributed by atoms with Crippen molar-refractivity contribution >= 4 is 17.7 Å². The molecule has 2 aliphatic rings. The maximum Gasteiger partial charge on any atom is 0.238 e. The fourth-order valence-corrected chi connectivity index (χ4v) is 3.32. The first-order chi connectivity index (χ1) is 11.5. The van der Waals surface area contributed by atoms with Gasteiger partial charge in [0, 0.05) is 38.2 Å². The molecule has 0 radical (unpaired) electrons. The largest absolute Gasteiger partial charge is 0.475 e. The van der Waals surface area contributed by atoms with Crippen molar-refractivity contribution in [1.29, 1.82) is 0 Å². The number of aromatic nitrogens is 2. The molecular weight excluding hydrogens is 310 g/mol. The highest BCUT2D eigenvalue weighted by atomic mass is 16.5. The molecule has 0 bridgehead atoms. The van der Waals surface area contributed by atoms with Gasteiger partial charge in [-0.15, -0.1) is 0 Å². The van der Waals surface area contributed by atoms with Crippen LogP contribution in [-0.2, 0) is 4.79 Å². The van der Waals surface area contributed by atoms with Crippen molar-refractivity contribution in [3.05, 3.63) is 6.07 Å². The Morgan fingerprint density at radius 3 is 2.96 bits per heavy atom. The molecule has 9 heteroatoms. The summed E-state index contributed by atoms with van der Waals surface area (Å²) in [6.07, 6.45) is 0.925. The number of amides is 1. The van der Waals surface area contributed by atoms with Crippen LogP contribution in [0.15, 0.2) is 6.07 Å². The van der Waals surface area contributed by atoms with Crippen LogP contribution in [0.2, 0.25) is 0 Å². The van der Waals surface area contributed by atoms with Gasteiger partial charge in [0.2, 0.25) is 17.7 Å². The number of nitrogen functional groups attached to an aromatic ring is 1. The molecule has 0 aromatic carbocycles. The molecule has 2 aliphatic heterocycles. The second-order valence-corrected chi connectivity index (χ2v) is 6.47. The second kappa shape index (κ2) is 6.78. The molecule has 1 amide bonds. The molecule has 3 atom stereocenters. The fourth-order valence-electron chi connectivity index (χ4n) is 3.32. The van der Waals surface area contributed by atoms with E-state index in [4.69, 9.17) is 10.5 Å². The Labute approximate surface area is 141 Å². The number of nitrogens with one attached hydrogen (secondary N) is 3. The van der Waals surface area contributed by atoms with Gasteiger partial charge in [-0.05, 0) is 20.3 Å². The molecule has 2 fully saturated rings. The molecule has 24 heavy (non-hydrogen) atoms. The topological polar surface area (TPSA) is 117 Å². The quantitative estimate of drug-likeness (QED) is 0.568. The van der Waals surface area contributed by atoms with Crippen LogP contribution in [-0.4, -0.2) is 54.2 Å². The van der Waals surface area contributed by atoms with Gasteiger partial charge < -0.3 is 20.7 Å². The van der Waals surface area contributed by atoms with Gasteiger partial charge in [-0.25, -0.2) is 5.43 Å². The smallest absolute Gasteiger partial charge is 0.238 e. The number of hydrazine groups is 1. The number of rotatable bonds is 4. The Morgan fingerprint density at radius 1 is 1.46 bits per heavy atom. The van der Waals surface area contributed by atoms with E-state index in [1.165, 1.54) is 0 Å². The fraction of sp³-hybridized carbons (Fsp3) is 0.667. The number of piperidine rings is 1. The van der Waals surface area contributed by atoms with Gasteiger partial charge in [-0.3, -0.25) is 10.2 Å². The highest BCUT2D eigenvalue weighted by molar-refractivity contribution is 5.82. The number of likely N-dealkylation sites (N-methyl/N-ethyl adjacent to an activating group) is 1. The highest BCUT2D eigenvalue weighted by Gasteiger charge is 2.43. The maximum absolute atomic E-state index is 12.0. The Kier molecular flexibility index (Phi) is 4.72. The van der Waals surface area contributed by atoms with Gasteiger partial charge in [0.25, 0.3) is 0 Å². The average Bonchev–Trinajstić information content (AvgIpc) is 2.96. The van der Waals surface area contributed by atoms with Crippen LogP contribution < -0.4 is 31.5 Å². The number of carbonyl (C=O) groups is 1. The third kappa shape index (κ3) is 3.36. The van der Waals surface area contributed by atoms with Crippen LogP contribution in [0.3, 0.4) is 0 Å². The molecule has 5 N–H and O–H groups in total. The van der Waals surface area contributed by atoms with Crippen LogP contribution in [0.5, 0.6) is 5.88 Å². The minimum absolute atomic E-state index is 0.0112. The van der Waals surface area contributed by atoms with Crippen molar-refractivity contribution in [2.45, 2.75) is 38.5 Å². The van der Waals surface area contributed by atoms with Crippen molar-refractivity contribution in [3.63, 3.8) is 0 Å². The van der Waals surface area contributed by atoms with Gasteiger partial charge >= 0.3 is 0 Å². The normalized spacial score (nSPS) is 26.3. The molecule has 3 heterocycles. The van der Waals surface area contributed by atoms with E-state index in [-0.39, 0.29) is 36.0 Å². The maximum atomic E-state index is 12.0. The van der Waals surface area contributed by atoms with E-state index >= 15 is 0 Å². The lowest BCUT2D eigenvalue weighted by atomic mass is 9.88. The summed E-state index contributed by atoms with van der Waals surface area (Å²) in [7, 11) is 1.65. The lowest BCUT2D eigenvalue weighted by molar-refractivity contribution is -0.123. The number of nitrogens with two attached hydrogens (primary N) is 1. The molecule has 3 unspecified atom stereocenters. The van der Waals surface area contributed by atoms with Crippen molar-refractivity contribution in [2.24, 2.45) is 5.92 Å². The van der Waals surface area contributed by atoms with E-state index in [2.05, 4.69) is 31.0 Å². The predicted molar refractivity (Wildman–Crippen MR) is 90.4 cm³/mol.